The molecular weight excluding hydrogens is 515 g/mol. The Bertz CT molecular complexity index is 1250. The topological polar surface area (TPSA) is 60.4 Å². The van der Waals surface area contributed by atoms with Gasteiger partial charge in [0.15, 0.2) is 0 Å². The van der Waals surface area contributed by atoms with Crippen LogP contribution in [0.3, 0.4) is 0 Å². The van der Waals surface area contributed by atoms with Gasteiger partial charge in [-0.1, -0.05) is 39.8 Å². The minimum atomic E-state index is -4.48. The maximum absolute atomic E-state index is 13.6. The van der Waals surface area contributed by atoms with Gasteiger partial charge in [0.25, 0.3) is 0 Å². The van der Waals surface area contributed by atoms with Crippen LogP contribution in [0.2, 0.25) is 0 Å². The van der Waals surface area contributed by atoms with Gasteiger partial charge in [-0.25, -0.2) is 9.97 Å². The van der Waals surface area contributed by atoms with Crippen molar-refractivity contribution in [1.29, 1.82) is 0 Å². The van der Waals surface area contributed by atoms with E-state index in [4.69, 9.17) is 9.97 Å². The molecule has 0 aliphatic heterocycles. The number of benzene rings is 1. The molecule has 3 rings (SSSR count). The lowest BCUT2D eigenvalue weighted by Gasteiger charge is -2.25. The molecule has 0 amide bonds. The molecule has 0 bridgehead atoms. The first-order chi connectivity index (χ1) is 18.7. The van der Waals surface area contributed by atoms with Gasteiger partial charge in [0.2, 0.25) is 5.95 Å². The molecule has 218 valence electrons. The Labute approximate surface area is 236 Å². The highest BCUT2D eigenvalue weighted by Crippen LogP contribution is 2.35. The molecule has 1 aromatic carbocycles. The lowest BCUT2D eigenvalue weighted by Crippen LogP contribution is -2.30. The smallest absolute Gasteiger partial charge is 0.359 e. The lowest BCUT2D eigenvalue weighted by molar-refractivity contribution is -0.137. The van der Waals surface area contributed by atoms with Crippen LogP contribution in [0.15, 0.2) is 42.6 Å². The fourth-order valence-corrected chi connectivity index (χ4v) is 4.31. The minimum absolute atomic E-state index is 0.0448. The molecule has 0 unspecified atom stereocenters. The number of nitrogens with zero attached hydrogens (tertiary/aromatic N) is 6. The summed E-state index contributed by atoms with van der Waals surface area (Å²) in [6.07, 6.45) is -2.00. The summed E-state index contributed by atoms with van der Waals surface area (Å²) in [5, 5.41) is 3.49. The van der Waals surface area contributed by atoms with Crippen LogP contribution in [0, 0.1) is 0 Å². The molecule has 10 heteroatoms. The zero-order valence-electron chi connectivity index (χ0n) is 24.9. The van der Waals surface area contributed by atoms with Crippen molar-refractivity contribution in [2.45, 2.75) is 52.1 Å². The molecule has 0 saturated heterocycles. The van der Waals surface area contributed by atoms with Crippen molar-refractivity contribution >= 4 is 23.3 Å². The van der Waals surface area contributed by atoms with Crippen LogP contribution in [0.5, 0.6) is 0 Å². The van der Waals surface area contributed by atoms with Crippen molar-refractivity contribution in [3.63, 3.8) is 0 Å². The van der Waals surface area contributed by atoms with Crippen molar-refractivity contribution in [3.8, 4) is 0 Å². The summed E-state index contributed by atoms with van der Waals surface area (Å²) < 4.78 is 40.8. The predicted octanol–water partition coefficient (Wildman–Crippen LogP) is 6.17. The van der Waals surface area contributed by atoms with Gasteiger partial charge in [-0.3, -0.25) is 0 Å². The largest absolute Gasteiger partial charge is 0.419 e. The van der Waals surface area contributed by atoms with Gasteiger partial charge in [0.05, 0.1) is 11.3 Å². The number of aromatic nitrogens is 3. The normalized spacial score (nSPS) is 12.1. The van der Waals surface area contributed by atoms with Crippen molar-refractivity contribution in [2.75, 3.05) is 62.9 Å². The number of nitrogens with one attached hydrogen (secondary N) is 1. The Morgan fingerprint density at radius 2 is 1.52 bits per heavy atom. The molecule has 3 aromatic rings. The Balaban J connectivity index is 1.95. The van der Waals surface area contributed by atoms with Crippen molar-refractivity contribution in [1.82, 2.24) is 19.9 Å². The first-order valence-corrected chi connectivity index (χ1v) is 13.6. The number of hydrogen-bond acceptors (Lipinski definition) is 7. The standard InChI is InChI=1S/C30H42F3N7/c1-9-23-25(16-18-39(7)27-24(30(31,32)33)11-10-17-34-27)36-28(40(8)20-19-38(5)6)37-26(23)35-22-14-12-21(13-15-22)29(2,3)4/h10-15,17H,9,16,18-20H2,1-8H3,(H,35,36,37). The monoisotopic (exact) mass is 557 g/mol. The third-order valence-corrected chi connectivity index (χ3v) is 6.81. The van der Waals surface area contributed by atoms with E-state index in [2.05, 4.69) is 48.1 Å². The van der Waals surface area contributed by atoms with Gasteiger partial charge in [0, 0.05) is 57.6 Å². The maximum atomic E-state index is 13.6. The van der Waals surface area contributed by atoms with E-state index in [9.17, 15) is 13.2 Å². The maximum Gasteiger partial charge on any atom is 0.419 e. The van der Waals surface area contributed by atoms with Crippen molar-refractivity contribution < 1.29 is 13.2 Å². The molecule has 40 heavy (non-hydrogen) atoms. The summed E-state index contributed by atoms with van der Waals surface area (Å²) in [5.41, 5.74) is 3.18. The summed E-state index contributed by atoms with van der Waals surface area (Å²) in [7, 11) is 7.60. The Hall–Kier alpha value is -3.40. The number of pyridine rings is 1. The minimum Gasteiger partial charge on any atom is -0.359 e. The number of rotatable bonds is 11. The van der Waals surface area contributed by atoms with Gasteiger partial charge in [-0.05, 0) is 55.8 Å². The first-order valence-electron chi connectivity index (χ1n) is 13.6. The van der Waals surface area contributed by atoms with E-state index in [1.807, 2.05) is 45.1 Å². The molecule has 0 aliphatic rings. The highest BCUT2D eigenvalue weighted by Gasteiger charge is 2.35. The predicted molar refractivity (Wildman–Crippen MR) is 158 cm³/mol. The Morgan fingerprint density at radius 3 is 2.10 bits per heavy atom. The molecule has 2 aromatic heterocycles. The van der Waals surface area contributed by atoms with Gasteiger partial charge < -0.3 is 20.0 Å². The van der Waals surface area contributed by atoms with Crippen LogP contribution in [-0.4, -0.2) is 67.7 Å². The van der Waals surface area contributed by atoms with E-state index >= 15 is 0 Å². The molecule has 0 atom stereocenters. The number of halogens is 3. The quantitative estimate of drug-likeness (QED) is 0.303. The fraction of sp³-hybridized carbons (Fsp3) is 0.500. The summed E-state index contributed by atoms with van der Waals surface area (Å²) in [6.45, 7) is 10.4. The van der Waals surface area contributed by atoms with Gasteiger partial charge in [-0.15, -0.1) is 0 Å². The van der Waals surface area contributed by atoms with Crippen LogP contribution in [0.1, 0.15) is 50.1 Å². The molecule has 0 saturated carbocycles. The third-order valence-electron chi connectivity index (χ3n) is 6.81. The van der Waals surface area contributed by atoms with E-state index in [0.717, 1.165) is 36.1 Å². The Morgan fingerprint density at radius 1 is 0.850 bits per heavy atom. The number of alkyl halides is 3. The SMILES string of the molecule is CCc1c(CCN(C)c2ncccc2C(F)(F)F)nc(N(C)CCN(C)C)nc1Nc1ccc(C(C)(C)C)cc1. The van der Waals surface area contributed by atoms with Crippen LogP contribution in [0.4, 0.5) is 36.4 Å². The summed E-state index contributed by atoms with van der Waals surface area (Å²) in [5.74, 6) is 1.18. The van der Waals surface area contributed by atoms with Crippen LogP contribution in [0.25, 0.3) is 0 Å². The fourth-order valence-electron chi connectivity index (χ4n) is 4.31. The lowest BCUT2D eigenvalue weighted by atomic mass is 9.87. The second-order valence-corrected chi connectivity index (χ2v) is 11.4. The molecule has 1 N–H and O–H groups in total. The summed E-state index contributed by atoms with van der Waals surface area (Å²) >= 11 is 0. The van der Waals surface area contributed by atoms with E-state index in [-0.39, 0.29) is 11.2 Å². The number of likely N-dealkylation sites (N-methyl/N-ethyl adjacent to an activating group) is 3. The molecule has 0 radical (unpaired) electrons. The molecule has 7 nitrogen and oxygen atoms in total. The average Bonchev–Trinajstić information content (AvgIpc) is 2.89. The van der Waals surface area contributed by atoms with Crippen LogP contribution >= 0.6 is 0 Å². The number of anilines is 4. The molecule has 0 fully saturated rings. The highest BCUT2D eigenvalue weighted by atomic mass is 19.4. The van der Waals surface area contributed by atoms with E-state index in [1.54, 1.807) is 7.05 Å². The summed E-state index contributed by atoms with van der Waals surface area (Å²) in [6, 6.07) is 10.7. The van der Waals surface area contributed by atoms with Crippen molar-refractivity contribution in [3.05, 3.63) is 65.0 Å². The second-order valence-electron chi connectivity index (χ2n) is 11.4. The van der Waals surface area contributed by atoms with Crippen molar-refractivity contribution in [2.24, 2.45) is 0 Å². The van der Waals surface area contributed by atoms with E-state index < -0.39 is 11.7 Å². The van der Waals surface area contributed by atoms with Gasteiger partial charge in [0.1, 0.15) is 11.6 Å². The summed E-state index contributed by atoms with van der Waals surface area (Å²) in [4.78, 5) is 19.4. The first kappa shape index (κ1) is 31.1. The molecule has 0 spiro atoms. The molecule has 0 aliphatic carbocycles. The average molecular weight is 558 g/mol. The Kier molecular flexibility index (Phi) is 10.00. The van der Waals surface area contributed by atoms with Gasteiger partial charge in [-0.2, -0.15) is 18.2 Å². The van der Waals surface area contributed by atoms with Crippen LogP contribution in [-0.2, 0) is 24.4 Å². The van der Waals surface area contributed by atoms with E-state index in [1.165, 1.54) is 22.7 Å². The molecule has 2 heterocycles. The molecular formula is C30H42F3N7. The van der Waals surface area contributed by atoms with E-state index in [0.29, 0.717) is 31.2 Å². The number of hydrogen-bond donors (Lipinski definition) is 1. The highest BCUT2D eigenvalue weighted by molar-refractivity contribution is 5.62. The zero-order chi connectivity index (χ0) is 29.7. The third kappa shape index (κ3) is 8.06. The van der Waals surface area contributed by atoms with Gasteiger partial charge >= 0.3 is 6.18 Å². The second kappa shape index (κ2) is 12.8. The zero-order valence-corrected chi connectivity index (χ0v) is 24.9. The van der Waals surface area contributed by atoms with Crippen LogP contribution < -0.4 is 15.1 Å².